The maximum absolute atomic E-state index is 10.6. The molecule has 2 aromatic rings. The van der Waals surface area contributed by atoms with Crippen LogP contribution in [0.3, 0.4) is 0 Å². The Hall–Kier alpha value is -1.74. The van der Waals surface area contributed by atoms with Crippen LogP contribution in [0.4, 0.5) is 5.82 Å². The number of hydrogen-bond acceptors (Lipinski definition) is 11. The van der Waals surface area contributed by atoms with Crippen LogP contribution in [0.1, 0.15) is 6.23 Å². The molecule has 0 aliphatic carbocycles. The monoisotopic (exact) mass is 369 g/mol. The van der Waals surface area contributed by atoms with Crippen molar-refractivity contribution in [2.45, 2.75) is 24.7 Å². The average Bonchev–Trinajstić information content (AvgIpc) is 2.95. The fraction of sp³-hybridized carbons (Fsp3) is 0.444. The van der Waals surface area contributed by atoms with Gasteiger partial charge in [-0.1, -0.05) is 0 Å². The lowest BCUT2D eigenvalue weighted by Gasteiger charge is -2.32. The third kappa shape index (κ3) is 3.51. The SMILES string of the molecule is Nc1ncnc2c1n[14cH]n2[C@@H]1O[C@H](OP(=O)([O-])[O-])[C@@H](O)[C@H]1O.[NH4+].[NH4+]. The maximum atomic E-state index is 10.6. The number of phosphoric ester groups is 1. The largest absolute Gasteiger partial charge is 0.790 e. The molecule has 24 heavy (non-hydrogen) atoms. The quantitative estimate of drug-likeness (QED) is 0.355. The van der Waals surface area contributed by atoms with Gasteiger partial charge in [0.15, 0.2) is 24.0 Å². The van der Waals surface area contributed by atoms with Gasteiger partial charge in [0.25, 0.3) is 0 Å². The lowest BCUT2D eigenvalue weighted by Crippen LogP contribution is -2.34. The molecule has 4 atom stereocenters. The van der Waals surface area contributed by atoms with E-state index in [1.807, 2.05) is 0 Å². The van der Waals surface area contributed by atoms with Crippen LogP contribution in [0.2, 0.25) is 0 Å². The summed E-state index contributed by atoms with van der Waals surface area (Å²) in [5, 5.41) is 19.7. The van der Waals surface area contributed by atoms with Crippen molar-refractivity contribution in [2.24, 2.45) is 0 Å². The van der Waals surface area contributed by atoms with E-state index in [1.165, 1.54) is 10.9 Å². The summed E-state index contributed by atoms with van der Waals surface area (Å²) in [5.74, 6) is 0.0909. The first-order valence-electron chi connectivity index (χ1n) is 5.93. The number of fused-ring (bicyclic) bond motifs is 1. The van der Waals surface area contributed by atoms with Crippen molar-refractivity contribution in [3.05, 3.63) is 12.7 Å². The molecule has 15 heteroatoms. The number of aliphatic hydroxyl groups excluding tert-OH is 2. The van der Waals surface area contributed by atoms with Gasteiger partial charge in [-0.2, -0.15) is 0 Å². The van der Waals surface area contributed by atoms with E-state index in [2.05, 4.69) is 19.5 Å². The highest BCUT2D eigenvalue weighted by Crippen LogP contribution is 2.38. The molecule has 3 heterocycles. The molecule has 0 amide bonds. The van der Waals surface area contributed by atoms with E-state index in [9.17, 15) is 24.6 Å². The predicted molar refractivity (Wildman–Crippen MR) is 76.3 cm³/mol. The van der Waals surface area contributed by atoms with E-state index in [-0.39, 0.29) is 29.3 Å². The molecule has 0 bridgehead atoms. The van der Waals surface area contributed by atoms with Crippen molar-refractivity contribution < 1.29 is 33.8 Å². The number of aliphatic hydroxyl groups is 2. The van der Waals surface area contributed by atoms with Gasteiger partial charge in [0, 0.05) is 0 Å². The Bertz CT molecular complexity index is 751. The number of phosphoric acid groups is 1. The summed E-state index contributed by atoms with van der Waals surface area (Å²) in [6, 6.07) is 0. The van der Waals surface area contributed by atoms with Crippen molar-refractivity contribution in [1.82, 2.24) is 31.8 Å². The third-order valence-electron chi connectivity index (χ3n) is 3.09. The molecule has 12 N–H and O–H groups in total. The average molecular weight is 369 g/mol. The van der Waals surface area contributed by atoms with Crippen LogP contribution >= 0.6 is 7.82 Å². The summed E-state index contributed by atoms with van der Waals surface area (Å²) in [6.07, 6.45) is -4.07. The van der Waals surface area contributed by atoms with Crippen molar-refractivity contribution in [3.8, 4) is 0 Å². The van der Waals surface area contributed by atoms with Crippen molar-refractivity contribution in [1.29, 1.82) is 0 Å². The number of quaternary nitrogens is 2. The van der Waals surface area contributed by atoms with Gasteiger partial charge in [-0.15, -0.1) is 0 Å². The minimum atomic E-state index is -5.40. The van der Waals surface area contributed by atoms with Crippen LogP contribution in [-0.2, 0) is 13.8 Å². The molecular formula is C9H18N7O7P. The van der Waals surface area contributed by atoms with Gasteiger partial charge in [-0.05, 0) is 0 Å². The van der Waals surface area contributed by atoms with E-state index in [4.69, 9.17) is 10.5 Å². The van der Waals surface area contributed by atoms with Crippen molar-refractivity contribution >= 4 is 24.8 Å². The lowest BCUT2D eigenvalue weighted by atomic mass is 10.2. The maximum Gasteiger partial charge on any atom is 0.193 e. The number of anilines is 1. The smallest absolute Gasteiger partial charge is 0.193 e. The van der Waals surface area contributed by atoms with Crippen molar-refractivity contribution in [2.75, 3.05) is 5.73 Å². The molecule has 1 aliphatic heterocycles. The van der Waals surface area contributed by atoms with Crippen LogP contribution in [0.15, 0.2) is 12.7 Å². The molecule has 1 fully saturated rings. The molecule has 0 radical (unpaired) electrons. The fourth-order valence-corrected chi connectivity index (χ4v) is 2.56. The molecular weight excluding hydrogens is 351 g/mol. The Labute approximate surface area is 134 Å². The molecule has 136 valence electrons. The number of aromatic nitrogens is 4. The predicted octanol–water partition coefficient (Wildman–Crippen LogP) is -2.42. The summed E-state index contributed by atoms with van der Waals surface area (Å²) < 4.78 is 21.0. The third-order valence-corrected chi connectivity index (χ3v) is 3.55. The highest BCUT2D eigenvalue weighted by molar-refractivity contribution is 7.43. The number of rotatable bonds is 3. The molecule has 0 aromatic carbocycles. The molecule has 0 spiro atoms. The zero-order chi connectivity index (χ0) is 16.1. The van der Waals surface area contributed by atoms with Crippen LogP contribution in [0.25, 0.3) is 11.2 Å². The number of imidazole rings is 1. The molecule has 1 saturated heterocycles. The van der Waals surface area contributed by atoms with Gasteiger partial charge in [0.2, 0.25) is 0 Å². The Kier molecular flexibility index (Phi) is 5.94. The summed E-state index contributed by atoms with van der Waals surface area (Å²) in [4.78, 5) is 32.8. The highest BCUT2D eigenvalue weighted by Gasteiger charge is 2.45. The standard InChI is InChI=1S/C9H12N5O7P.2H3N/c10-6-3-7(12-1-11-6)14(2-13-3)8-4(15)5(16)9(20-8)21-22(17,18)19;;/h1-2,4-5,8-9,15-16H,(H2,10,11,12)(H2,17,18,19);2*1H3/t4-,5+,8-,9-;;/m1../s1/i2+2;;. The highest BCUT2D eigenvalue weighted by atomic mass is 31.2. The summed E-state index contributed by atoms with van der Waals surface area (Å²) in [5.41, 5.74) is 6.04. The molecule has 14 nitrogen and oxygen atoms in total. The van der Waals surface area contributed by atoms with Gasteiger partial charge >= 0.3 is 0 Å². The normalized spacial score (nSPS) is 26.8. The molecule has 2 aromatic heterocycles. The first-order valence-corrected chi connectivity index (χ1v) is 7.39. The lowest BCUT2D eigenvalue weighted by molar-refractivity contribution is -0.354. The molecule has 0 unspecified atom stereocenters. The van der Waals surface area contributed by atoms with E-state index in [1.54, 1.807) is 0 Å². The zero-order valence-electron chi connectivity index (χ0n) is 12.7. The zero-order valence-corrected chi connectivity index (χ0v) is 13.6. The topological polar surface area (TPSA) is 265 Å². The van der Waals surface area contributed by atoms with Crippen LogP contribution in [0.5, 0.6) is 0 Å². The summed E-state index contributed by atoms with van der Waals surface area (Å²) in [7, 11) is -5.40. The summed E-state index contributed by atoms with van der Waals surface area (Å²) in [6.45, 7) is 0. The Morgan fingerprint density at radius 1 is 1.33 bits per heavy atom. The van der Waals surface area contributed by atoms with E-state index < -0.39 is 32.5 Å². The Morgan fingerprint density at radius 2 is 2.00 bits per heavy atom. The molecule has 0 saturated carbocycles. The first kappa shape index (κ1) is 20.3. The number of nitrogens with two attached hydrogens (primary N) is 1. The van der Waals surface area contributed by atoms with E-state index >= 15 is 0 Å². The fourth-order valence-electron chi connectivity index (χ4n) is 2.13. The Morgan fingerprint density at radius 3 is 2.62 bits per heavy atom. The number of nitrogen functional groups attached to an aromatic ring is 1. The number of nitrogens with zero attached hydrogens (tertiary/aromatic N) is 4. The van der Waals surface area contributed by atoms with Gasteiger partial charge in [0.05, 0.1) is 14.2 Å². The van der Waals surface area contributed by atoms with Gasteiger partial charge in [0.1, 0.15) is 24.1 Å². The number of ether oxygens (including phenoxy) is 1. The second-order valence-corrected chi connectivity index (χ2v) is 5.62. The number of hydrogen-bond donors (Lipinski definition) is 5. The Balaban J connectivity index is 0.00000144. The van der Waals surface area contributed by atoms with E-state index in [0.29, 0.717) is 0 Å². The van der Waals surface area contributed by atoms with Crippen LogP contribution < -0.4 is 27.8 Å². The first-order chi connectivity index (χ1) is 10.3. The minimum absolute atomic E-state index is 0. The van der Waals surface area contributed by atoms with Crippen molar-refractivity contribution in [3.63, 3.8) is 0 Å². The second-order valence-electron chi connectivity index (χ2n) is 4.51. The van der Waals surface area contributed by atoms with Gasteiger partial charge < -0.3 is 51.9 Å². The van der Waals surface area contributed by atoms with E-state index in [0.717, 1.165) is 6.33 Å². The second kappa shape index (κ2) is 7.02. The van der Waals surface area contributed by atoms with Crippen LogP contribution in [0, 0.1) is 0 Å². The minimum Gasteiger partial charge on any atom is -0.790 e. The van der Waals surface area contributed by atoms with Gasteiger partial charge in [-0.25, -0.2) is 15.0 Å². The van der Waals surface area contributed by atoms with Gasteiger partial charge in [-0.3, -0.25) is 4.57 Å². The van der Waals surface area contributed by atoms with Crippen LogP contribution in [-0.4, -0.2) is 48.2 Å². The molecule has 3 rings (SSSR count). The summed E-state index contributed by atoms with van der Waals surface area (Å²) >= 11 is 0. The molecule has 1 aliphatic rings.